The summed E-state index contributed by atoms with van der Waals surface area (Å²) in [6.45, 7) is 8.08. The first-order valence-electron chi connectivity index (χ1n) is 11.0. The lowest BCUT2D eigenvalue weighted by Crippen LogP contribution is -2.48. The summed E-state index contributed by atoms with van der Waals surface area (Å²) >= 11 is 0. The highest BCUT2D eigenvalue weighted by Gasteiger charge is 2.52. The van der Waals surface area contributed by atoms with E-state index in [0.29, 0.717) is 11.1 Å². The highest BCUT2D eigenvalue weighted by Crippen LogP contribution is 2.38. The fourth-order valence-electron chi connectivity index (χ4n) is 4.98. The molecular formula is C24H28BNO4. The zero-order valence-corrected chi connectivity index (χ0v) is 18.2. The fourth-order valence-corrected chi connectivity index (χ4v) is 4.98. The van der Waals surface area contributed by atoms with Crippen molar-refractivity contribution >= 4 is 35.2 Å². The Kier molecular flexibility index (Phi) is 4.39. The van der Waals surface area contributed by atoms with E-state index < -0.39 is 18.3 Å². The number of imide groups is 1. The molecule has 3 aliphatic rings. The summed E-state index contributed by atoms with van der Waals surface area (Å²) in [7, 11) is -0.541. The molecule has 0 aromatic heterocycles. The molecule has 2 aliphatic heterocycles. The van der Waals surface area contributed by atoms with Gasteiger partial charge in [0.1, 0.15) is 0 Å². The first kappa shape index (κ1) is 19.8. The van der Waals surface area contributed by atoms with Gasteiger partial charge in [0.2, 0.25) is 0 Å². The second-order valence-corrected chi connectivity index (χ2v) is 9.79. The molecule has 2 fully saturated rings. The molecule has 1 saturated heterocycles. The Hall–Kier alpha value is -2.18. The van der Waals surface area contributed by atoms with Crippen LogP contribution in [-0.4, -0.2) is 41.1 Å². The number of hydrogen-bond acceptors (Lipinski definition) is 4. The average Bonchev–Trinajstić information content (AvgIpc) is 2.93. The van der Waals surface area contributed by atoms with E-state index in [-0.39, 0.29) is 17.9 Å². The van der Waals surface area contributed by atoms with E-state index in [0.717, 1.165) is 41.9 Å². The van der Waals surface area contributed by atoms with Gasteiger partial charge in [0.05, 0.1) is 11.2 Å². The van der Waals surface area contributed by atoms with Gasteiger partial charge in [-0.2, -0.15) is 0 Å². The molecule has 5 rings (SSSR count). The van der Waals surface area contributed by atoms with E-state index in [1.165, 1.54) is 11.3 Å². The van der Waals surface area contributed by atoms with E-state index in [2.05, 4.69) is 0 Å². The van der Waals surface area contributed by atoms with Crippen molar-refractivity contribution in [3.63, 3.8) is 0 Å². The molecule has 2 aromatic rings. The van der Waals surface area contributed by atoms with Crippen LogP contribution in [0.15, 0.2) is 30.3 Å². The third kappa shape index (κ3) is 2.77. The van der Waals surface area contributed by atoms with Gasteiger partial charge in [0.25, 0.3) is 11.8 Å². The van der Waals surface area contributed by atoms with E-state index in [1.54, 1.807) is 0 Å². The van der Waals surface area contributed by atoms with Gasteiger partial charge in [-0.1, -0.05) is 37.5 Å². The van der Waals surface area contributed by atoms with Gasteiger partial charge in [0, 0.05) is 22.6 Å². The Morgan fingerprint density at radius 1 is 0.867 bits per heavy atom. The standard InChI is InChI=1S/C24H28BNO4/c1-23(2)24(3,4)30-25(29-23)19-14-13-18-20-16(19)11-8-12-17(20)21(27)26(22(18)28)15-9-6-5-7-10-15/h8,11-15H,5-7,9-10H2,1-4H3. The van der Waals surface area contributed by atoms with Crippen molar-refractivity contribution in [2.75, 3.05) is 0 Å². The molecule has 156 valence electrons. The maximum Gasteiger partial charge on any atom is 0.495 e. The van der Waals surface area contributed by atoms with Crippen molar-refractivity contribution < 1.29 is 18.9 Å². The van der Waals surface area contributed by atoms with E-state index in [9.17, 15) is 9.59 Å². The number of rotatable bonds is 2. The van der Waals surface area contributed by atoms with E-state index in [1.807, 2.05) is 58.0 Å². The lowest BCUT2D eigenvalue weighted by molar-refractivity contribution is 0.00578. The molecule has 2 heterocycles. The van der Waals surface area contributed by atoms with Gasteiger partial charge in [-0.25, -0.2) is 0 Å². The number of hydrogen-bond donors (Lipinski definition) is 0. The summed E-state index contributed by atoms with van der Waals surface area (Å²) < 4.78 is 12.5. The third-order valence-electron chi connectivity index (χ3n) is 7.42. The van der Waals surface area contributed by atoms with Crippen molar-refractivity contribution in [1.82, 2.24) is 4.90 Å². The first-order chi connectivity index (χ1) is 14.2. The van der Waals surface area contributed by atoms with Crippen molar-refractivity contribution in [3.05, 3.63) is 41.5 Å². The quantitative estimate of drug-likeness (QED) is 0.559. The zero-order chi connectivity index (χ0) is 21.3. The van der Waals surface area contributed by atoms with Crippen LogP contribution in [0.5, 0.6) is 0 Å². The number of amides is 2. The number of nitrogens with zero attached hydrogens (tertiary/aromatic N) is 1. The molecular weight excluding hydrogens is 377 g/mol. The van der Waals surface area contributed by atoms with Gasteiger partial charge in [0.15, 0.2) is 0 Å². The molecule has 1 aliphatic carbocycles. The van der Waals surface area contributed by atoms with Crippen LogP contribution >= 0.6 is 0 Å². The normalized spacial score (nSPS) is 23.5. The zero-order valence-electron chi connectivity index (χ0n) is 18.2. The largest absolute Gasteiger partial charge is 0.495 e. The summed E-state index contributed by atoms with van der Waals surface area (Å²) in [5.41, 5.74) is 1.15. The monoisotopic (exact) mass is 405 g/mol. The summed E-state index contributed by atoms with van der Waals surface area (Å²) in [6, 6.07) is 9.46. The molecule has 0 atom stereocenters. The van der Waals surface area contributed by atoms with E-state index in [4.69, 9.17) is 9.31 Å². The molecule has 30 heavy (non-hydrogen) atoms. The second-order valence-electron chi connectivity index (χ2n) is 9.79. The molecule has 0 unspecified atom stereocenters. The van der Waals surface area contributed by atoms with Gasteiger partial charge < -0.3 is 9.31 Å². The average molecular weight is 405 g/mol. The maximum absolute atomic E-state index is 13.4. The molecule has 0 N–H and O–H groups in total. The Morgan fingerprint density at radius 2 is 1.47 bits per heavy atom. The fraction of sp³-hybridized carbons (Fsp3) is 0.500. The van der Waals surface area contributed by atoms with Crippen LogP contribution in [-0.2, 0) is 9.31 Å². The smallest absolute Gasteiger partial charge is 0.399 e. The number of benzene rings is 2. The minimum Gasteiger partial charge on any atom is -0.399 e. The molecule has 5 nitrogen and oxygen atoms in total. The van der Waals surface area contributed by atoms with Gasteiger partial charge in [-0.15, -0.1) is 0 Å². The summed E-state index contributed by atoms with van der Waals surface area (Å²) in [6.07, 6.45) is 5.11. The summed E-state index contributed by atoms with van der Waals surface area (Å²) in [5, 5.41) is 1.58. The topological polar surface area (TPSA) is 55.8 Å². The van der Waals surface area contributed by atoms with Crippen molar-refractivity contribution in [3.8, 4) is 0 Å². The predicted octanol–water partition coefficient (Wildman–Crippen LogP) is 4.07. The molecule has 0 spiro atoms. The van der Waals surface area contributed by atoms with Crippen LogP contribution in [0.3, 0.4) is 0 Å². The van der Waals surface area contributed by atoms with E-state index >= 15 is 0 Å². The van der Waals surface area contributed by atoms with Crippen LogP contribution in [0.1, 0.15) is 80.5 Å². The Bertz CT molecular complexity index is 1020. The maximum atomic E-state index is 13.4. The van der Waals surface area contributed by atoms with Crippen LogP contribution in [0, 0.1) is 0 Å². The third-order valence-corrected chi connectivity index (χ3v) is 7.42. The Morgan fingerprint density at radius 3 is 2.10 bits per heavy atom. The van der Waals surface area contributed by atoms with Crippen molar-refractivity contribution in [1.29, 1.82) is 0 Å². The number of carbonyl (C=O) groups is 2. The van der Waals surface area contributed by atoms with Crippen molar-refractivity contribution in [2.45, 2.75) is 77.0 Å². The minimum atomic E-state index is -0.541. The predicted molar refractivity (Wildman–Crippen MR) is 117 cm³/mol. The highest BCUT2D eigenvalue weighted by atomic mass is 16.7. The van der Waals surface area contributed by atoms with Crippen LogP contribution in [0.2, 0.25) is 0 Å². The van der Waals surface area contributed by atoms with Crippen LogP contribution in [0.4, 0.5) is 0 Å². The van der Waals surface area contributed by atoms with Gasteiger partial charge >= 0.3 is 7.12 Å². The van der Waals surface area contributed by atoms with Gasteiger partial charge in [-0.05, 0) is 63.5 Å². The van der Waals surface area contributed by atoms with Crippen LogP contribution in [0.25, 0.3) is 10.8 Å². The van der Waals surface area contributed by atoms with Gasteiger partial charge in [-0.3, -0.25) is 14.5 Å². The minimum absolute atomic E-state index is 0.00456. The number of carbonyl (C=O) groups excluding carboxylic acids is 2. The lowest BCUT2D eigenvalue weighted by Gasteiger charge is -2.36. The molecule has 6 heteroatoms. The first-order valence-corrected chi connectivity index (χ1v) is 11.0. The Balaban J connectivity index is 1.61. The lowest BCUT2D eigenvalue weighted by atomic mass is 9.74. The molecule has 1 saturated carbocycles. The highest BCUT2D eigenvalue weighted by molar-refractivity contribution is 6.65. The van der Waals surface area contributed by atoms with Crippen LogP contribution < -0.4 is 5.46 Å². The molecule has 0 radical (unpaired) electrons. The summed E-state index contributed by atoms with van der Waals surface area (Å²) in [5.74, 6) is -0.341. The summed E-state index contributed by atoms with van der Waals surface area (Å²) in [4.78, 5) is 28.3. The molecule has 2 amide bonds. The second kappa shape index (κ2) is 6.66. The van der Waals surface area contributed by atoms with Crippen molar-refractivity contribution in [2.24, 2.45) is 0 Å². The SMILES string of the molecule is CC1(C)OB(c2ccc3c4c(cccc24)C(=O)N(C2CCCCC2)C3=O)OC1(C)C. The molecule has 0 bridgehead atoms. The Labute approximate surface area is 177 Å². The molecule has 2 aromatic carbocycles.